The lowest BCUT2D eigenvalue weighted by Crippen LogP contribution is -2.33. The molecule has 3 aliphatic rings. The van der Waals surface area contributed by atoms with Gasteiger partial charge >= 0.3 is 0 Å². The minimum atomic E-state index is -0.458. The van der Waals surface area contributed by atoms with Crippen LogP contribution in [0.15, 0.2) is 176 Å². The molecule has 1 heterocycles. The van der Waals surface area contributed by atoms with E-state index in [1.54, 1.807) is 0 Å². The maximum atomic E-state index is 2.59. The molecule has 0 amide bonds. The monoisotopic (exact) mass is 775 g/mol. The second-order valence-electron chi connectivity index (χ2n) is 18.3. The summed E-state index contributed by atoms with van der Waals surface area (Å²) in [5, 5.41) is 2.61. The van der Waals surface area contributed by atoms with E-state index in [2.05, 4.69) is 209 Å². The lowest BCUT2D eigenvalue weighted by molar-refractivity contribution is 0.332. The summed E-state index contributed by atoms with van der Waals surface area (Å²) in [7, 11) is 0. The van der Waals surface area contributed by atoms with Crippen molar-refractivity contribution in [1.29, 1.82) is 0 Å². The Hall–Kier alpha value is -6.22. The lowest BCUT2D eigenvalue weighted by atomic mass is 9.63. The smallest absolute Gasteiger partial charge is 0.0726 e. The summed E-state index contributed by atoms with van der Waals surface area (Å²) in [4.78, 5) is 2.57. The van der Waals surface area contributed by atoms with Crippen LogP contribution in [0.2, 0.25) is 0 Å². The average molecular weight is 776 g/mol. The molecule has 284 valence electrons. The van der Waals surface area contributed by atoms with Crippen molar-refractivity contribution in [2.45, 2.75) is 56.8 Å². The van der Waals surface area contributed by atoms with Crippen LogP contribution in [0.4, 0.5) is 17.1 Å². The van der Waals surface area contributed by atoms with E-state index in [-0.39, 0.29) is 10.8 Å². The fourth-order valence-corrected chi connectivity index (χ4v) is 12.4. The van der Waals surface area contributed by atoms with E-state index in [0.717, 1.165) is 5.69 Å². The summed E-state index contributed by atoms with van der Waals surface area (Å²) in [6, 6.07) is 67.0. The van der Waals surface area contributed by atoms with Crippen molar-refractivity contribution < 1.29 is 0 Å². The van der Waals surface area contributed by atoms with E-state index in [0.29, 0.717) is 0 Å². The van der Waals surface area contributed by atoms with Crippen LogP contribution in [-0.2, 0) is 16.2 Å². The summed E-state index contributed by atoms with van der Waals surface area (Å²) in [6.45, 7) is 9.75. The van der Waals surface area contributed by atoms with Gasteiger partial charge in [-0.15, -0.1) is 11.3 Å². The van der Waals surface area contributed by atoms with Gasteiger partial charge in [-0.1, -0.05) is 167 Å². The first-order valence-corrected chi connectivity index (χ1v) is 22.0. The third-order valence-corrected chi connectivity index (χ3v) is 15.4. The van der Waals surface area contributed by atoms with Crippen LogP contribution in [-0.4, -0.2) is 0 Å². The first-order valence-electron chi connectivity index (χ1n) is 21.1. The number of nitrogens with zero attached hydrogens (tertiary/aromatic N) is 1. The highest BCUT2D eigenvalue weighted by Crippen LogP contribution is 2.64. The fourth-order valence-electron chi connectivity index (χ4n) is 11.2. The van der Waals surface area contributed by atoms with E-state index in [1.807, 2.05) is 11.3 Å². The second kappa shape index (κ2) is 12.4. The number of anilines is 3. The van der Waals surface area contributed by atoms with Crippen molar-refractivity contribution in [3.63, 3.8) is 0 Å². The summed E-state index contributed by atoms with van der Waals surface area (Å²) in [5.41, 5.74) is 19.5. The zero-order chi connectivity index (χ0) is 39.7. The van der Waals surface area contributed by atoms with Gasteiger partial charge in [-0.2, -0.15) is 0 Å². The molecule has 0 N–H and O–H groups in total. The second-order valence-corrected chi connectivity index (χ2v) is 19.3. The van der Waals surface area contributed by atoms with Crippen LogP contribution < -0.4 is 4.90 Å². The molecule has 0 unspecified atom stereocenters. The first-order chi connectivity index (χ1) is 28.8. The molecule has 1 aromatic heterocycles. The maximum Gasteiger partial charge on any atom is 0.0726 e. The fraction of sp³-hybridized carbons (Fsp3) is 0.158. The summed E-state index contributed by atoms with van der Waals surface area (Å²) in [5.74, 6) is 0. The molecule has 0 saturated heterocycles. The number of hydrogen-bond acceptors (Lipinski definition) is 2. The van der Waals surface area contributed by atoms with Crippen molar-refractivity contribution in [2.24, 2.45) is 0 Å². The van der Waals surface area contributed by atoms with Gasteiger partial charge in [0.25, 0.3) is 0 Å². The van der Waals surface area contributed by atoms with Crippen LogP contribution in [0.5, 0.6) is 0 Å². The van der Waals surface area contributed by atoms with Gasteiger partial charge in [0.2, 0.25) is 0 Å². The van der Waals surface area contributed by atoms with E-state index in [9.17, 15) is 0 Å². The van der Waals surface area contributed by atoms with Crippen molar-refractivity contribution in [2.75, 3.05) is 4.90 Å². The summed E-state index contributed by atoms with van der Waals surface area (Å²) < 4.78 is 2.61. The minimum absolute atomic E-state index is 0.0769. The van der Waals surface area contributed by atoms with Crippen molar-refractivity contribution >= 4 is 48.6 Å². The highest BCUT2D eigenvalue weighted by atomic mass is 32.1. The molecule has 2 heteroatoms. The molecule has 1 spiro atoms. The Balaban J connectivity index is 1.23. The predicted molar refractivity (Wildman–Crippen MR) is 251 cm³/mol. The lowest BCUT2D eigenvalue weighted by Gasteiger charge is -2.42. The Bertz CT molecular complexity index is 3130. The van der Waals surface area contributed by atoms with E-state index in [4.69, 9.17) is 0 Å². The molecular formula is C57H45NS. The average Bonchev–Trinajstić information content (AvgIpc) is 3.90. The molecule has 0 bridgehead atoms. The SMILES string of the molecule is CC1(C)CCC(C)(C)c2cc(-c3cc4c(cc3N(c3ccccc3)c3cccc5c3sc3ccccc35)C3(c5ccccc5-c5ccccc53)c3ccccc3-4)ccc21. The van der Waals surface area contributed by atoms with E-state index in [1.165, 1.54) is 111 Å². The predicted octanol–water partition coefficient (Wildman–Crippen LogP) is 15.9. The minimum Gasteiger partial charge on any atom is -0.308 e. The van der Waals surface area contributed by atoms with E-state index < -0.39 is 5.41 Å². The quantitative estimate of drug-likeness (QED) is 0.172. The van der Waals surface area contributed by atoms with Gasteiger partial charge in [-0.25, -0.2) is 0 Å². The molecule has 12 rings (SSSR count). The molecule has 0 aliphatic heterocycles. The van der Waals surface area contributed by atoms with Gasteiger partial charge in [0.1, 0.15) is 0 Å². The van der Waals surface area contributed by atoms with E-state index >= 15 is 0 Å². The Morgan fingerprint density at radius 2 is 0.983 bits per heavy atom. The summed E-state index contributed by atoms with van der Waals surface area (Å²) >= 11 is 1.90. The Morgan fingerprint density at radius 1 is 0.407 bits per heavy atom. The highest BCUT2D eigenvalue weighted by Gasteiger charge is 2.52. The van der Waals surface area contributed by atoms with Gasteiger partial charge < -0.3 is 4.90 Å². The van der Waals surface area contributed by atoms with Crippen LogP contribution in [0.1, 0.15) is 73.9 Å². The summed E-state index contributed by atoms with van der Waals surface area (Å²) in [6.07, 6.45) is 2.37. The van der Waals surface area contributed by atoms with Crippen molar-refractivity contribution in [3.05, 3.63) is 209 Å². The Morgan fingerprint density at radius 3 is 1.68 bits per heavy atom. The topological polar surface area (TPSA) is 3.24 Å². The molecular weight excluding hydrogens is 731 g/mol. The van der Waals surface area contributed by atoms with Gasteiger partial charge in [0, 0.05) is 26.7 Å². The van der Waals surface area contributed by atoms with Crippen LogP contribution in [0, 0.1) is 0 Å². The number of benzene rings is 8. The standard InChI is InChI=1S/C57H45NS/c1-55(2)31-32-56(3,4)50-33-36(29-30-48(50)55)43-34-44-40-21-10-14-26-47(40)57(45-24-12-8-19-38(45)39-20-9-13-25-46(39)57)49(44)35-52(43)58(37-17-6-5-7-18-37)51-27-16-23-42-41-22-11-15-28-53(41)59-54(42)51/h5-30,33-35H,31-32H2,1-4H3. The Labute approximate surface area is 351 Å². The first kappa shape index (κ1) is 34.8. The normalized spacial score (nSPS) is 16.1. The zero-order valence-electron chi connectivity index (χ0n) is 34.0. The number of rotatable bonds is 4. The number of para-hydroxylation sites is 1. The molecule has 0 saturated carbocycles. The third-order valence-electron chi connectivity index (χ3n) is 14.2. The van der Waals surface area contributed by atoms with Gasteiger partial charge in [0.15, 0.2) is 0 Å². The molecule has 0 atom stereocenters. The zero-order valence-corrected chi connectivity index (χ0v) is 34.8. The molecule has 1 nitrogen and oxygen atoms in total. The number of fused-ring (bicyclic) bond motifs is 14. The molecule has 0 fully saturated rings. The number of thiophene rings is 1. The van der Waals surface area contributed by atoms with Crippen LogP contribution in [0.25, 0.3) is 53.6 Å². The van der Waals surface area contributed by atoms with Crippen molar-refractivity contribution in [1.82, 2.24) is 0 Å². The highest BCUT2D eigenvalue weighted by molar-refractivity contribution is 7.26. The number of hydrogen-bond donors (Lipinski definition) is 0. The van der Waals surface area contributed by atoms with Gasteiger partial charge in [0.05, 0.1) is 21.5 Å². The Kier molecular flexibility index (Phi) is 7.31. The van der Waals surface area contributed by atoms with Crippen molar-refractivity contribution in [3.8, 4) is 33.4 Å². The van der Waals surface area contributed by atoms with Gasteiger partial charge in [-0.05, 0) is 121 Å². The third kappa shape index (κ3) is 4.78. The van der Waals surface area contributed by atoms with Crippen LogP contribution >= 0.6 is 11.3 Å². The van der Waals surface area contributed by atoms with Crippen LogP contribution in [0.3, 0.4) is 0 Å². The molecule has 59 heavy (non-hydrogen) atoms. The molecule has 8 aromatic carbocycles. The molecule has 9 aromatic rings. The molecule has 0 radical (unpaired) electrons. The largest absolute Gasteiger partial charge is 0.308 e. The molecule has 3 aliphatic carbocycles. The van der Waals surface area contributed by atoms with Gasteiger partial charge in [-0.3, -0.25) is 0 Å². The maximum absolute atomic E-state index is 2.59.